The number of halogens is 6. The topological polar surface area (TPSA) is 644 Å². The Morgan fingerprint density at radius 3 is 0.681 bits per heavy atom. The van der Waals surface area contributed by atoms with Crippen LogP contribution < -0.4 is 42.5 Å². The summed E-state index contributed by atoms with van der Waals surface area (Å²) in [5.74, 6) is -4.28. The molecule has 0 aliphatic rings. The van der Waals surface area contributed by atoms with Crippen LogP contribution in [0.15, 0.2) is 0 Å². The maximum absolute atomic E-state index is 12.8. The maximum atomic E-state index is 12.8. The van der Waals surface area contributed by atoms with Gasteiger partial charge in [0.15, 0.2) is 0 Å². The summed E-state index contributed by atoms with van der Waals surface area (Å²) in [6, 6.07) is 0. The smallest absolute Gasteiger partial charge is 0.337 e. The summed E-state index contributed by atoms with van der Waals surface area (Å²) in [4.78, 5) is 74.2. The molecule has 30 N–H and O–H groups in total. The van der Waals surface area contributed by atoms with Crippen LogP contribution in [0.3, 0.4) is 0 Å². The molecule has 0 radical (unpaired) electrons. The predicted octanol–water partition coefficient (Wildman–Crippen LogP) is -7.87. The molecule has 0 unspecified atom stereocenters. The number of aliphatic hydroxyl groups excluding tert-OH is 20. The minimum Gasteiger partial charge on any atom is -0.478 e. The summed E-state index contributed by atoms with van der Waals surface area (Å²) < 4.78 is 1.88. The number of hydrogen-bond donors (Lipinski definition) is 30. The van der Waals surface area contributed by atoms with Gasteiger partial charge < -0.3 is 155 Å². The predicted molar refractivity (Wildman–Crippen MR) is 386 cm³/mol. The van der Waals surface area contributed by atoms with Crippen LogP contribution in [-0.4, -0.2) is 340 Å². The molecule has 0 spiro atoms. The molecule has 0 saturated heterocycles. The zero-order chi connectivity index (χ0) is 73.8. The molecule has 0 heterocycles. The highest BCUT2D eigenvalue weighted by molar-refractivity contribution is 14.1. The van der Waals surface area contributed by atoms with Gasteiger partial charge in [0.25, 0.3) is 11.8 Å². The Bertz CT molecular complexity index is 2390. The highest BCUT2D eigenvalue weighted by Gasteiger charge is 2.34. The van der Waals surface area contributed by atoms with E-state index in [4.69, 9.17) is 81.7 Å². The quantitative estimate of drug-likeness (QED) is 0.0225. The molecule has 0 aliphatic heterocycles. The van der Waals surface area contributed by atoms with E-state index >= 15 is 0 Å². The Morgan fingerprint density at radius 2 is 0.511 bits per heavy atom. The Balaban J connectivity index is -0.00000129. The van der Waals surface area contributed by atoms with Gasteiger partial charge in [-0.15, -0.1) is 0 Å². The number of carboxylic acids is 2. The first-order valence-corrected chi connectivity index (χ1v) is 34.1. The molecule has 42 heteroatoms. The molecule has 16 atom stereocenters. The van der Waals surface area contributed by atoms with Gasteiger partial charge in [-0.3, -0.25) is 19.2 Å². The van der Waals surface area contributed by atoms with E-state index in [1.807, 2.05) is 90.4 Å². The van der Waals surface area contributed by atoms with Crippen LogP contribution in [0.25, 0.3) is 0 Å². The van der Waals surface area contributed by atoms with E-state index in [1.54, 1.807) is 73.4 Å². The average molecular weight is 2030 g/mol. The molecule has 0 aromatic heterocycles. The molecule has 546 valence electrons. The van der Waals surface area contributed by atoms with E-state index in [1.165, 1.54) is 14.1 Å². The van der Waals surface area contributed by atoms with Gasteiger partial charge in [-0.1, -0.05) is 0 Å². The number of aliphatic hydroxyl groups is 20. The fraction of sp³-hybridized carbons (Fsp3) is 0.654. The van der Waals surface area contributed by atoms with Crippen molar-refractivity contribution >= 4 is 182 Å². The number of benzene rings is 2. The molecule has 0 saturated carbocycles. The van der Waals surface area contributed by atoms with Crippen LogP contribution >= 0.6 is 136 Å². The highest BCUT2D eigenvalue weighted by atomic mass is 127. The van der Waals surface area contributed by atoms with Gasteiger partial charge in [0.2, 0.25) is 11.8 Å². The lowest BCUT2D eigenvalue weighted by molar-refractivity contribution is -0.118. The maximum Gasteiger partial charge on any atom is 0.337 e. The molecule has 94 heavy (non-hydrogen) atoms. The van der Waals surface area contributed by atoms with Gasteiger partial charge in [0, 0.05) is 60.3 Å². The number of anilines is 2. The van der Waals surface area contributed by atoms with Crippen molar-refractivity contribution in [2.24, 2.45) is 0 Å². The molecule has 36 nitrogen and oxygen atoms in total. The SMILES string of the molecule is CNC(=O)c1c(I)c(NC(=O)CCCCC(=O)Nc2c(I)c(C(=O)O)c(I)c(C(=O)NC)c2I)c(I)c(C(=O)O)c1I.CNC[C@H](O)[C@@H](O)[C@H](O)[C@H](O)CO.CNC[C@H](O)[C@@H](O)[C@H](O)[C@H](O)CO.CNC[C@H](O)[C@@H](O)[C@H](O)[C@H](O)CO.CNC[C@H](O)[C@@H](O)[C@H](O)[C@H](O)CO. The standard InChI is InChI=1S/C24H20I6N4O8.4C7H17NO5/c1-31-21(37)9-13(25)11(23(39)40)17(29)19(15(9)27)33-7(35)5-3-4-6-8(36)34-20-16(28)10(22(38)32-2)14(26)12(18(20)30)24(41)42;4*1-8-2-4(10)6(12)7(13)5(11)3-9/h3-6H2,1-2H3,(H,31,37)(H,32,38)(H,33,35)(H,34,36)(H,39,40)(H,41,42);4*4-13H,2-3H2,1H3/t;4*4-,5+,6+,7+/m.0000/s1. The Hall–Kier alpha value is -1.32. The van der Waals surface area contributed by atoms with E-state index in [2.05, 4.69) is 42.5 Å². The van der Waals surface area contributed by atoms with Crippen molar-refractivity contribution in [3.8, 4) is 0 Å². The third-order valence-corrected chi connectivity index (χ3v) is 19.0. The van der Waals surface area contributed by atoms with E-state index < -0.39 is 160 Å². The minimum absolute atomic E-state index is 0.0196. The number of nitrogens with one attached hydrogen (secondary N) is 8. The first-order valence-electron chi connectivity index (χ1n) is 27.6. The Labute approximate surface area is 622 Å². The monoisotopic (exact) mass is 2030 g/mol. The van der Waals surface area contributed by atoms with Crippen molar-refractivity contribution in [2.45, 2.75) is 123 Å². The number of carbonyl (C=O) groups excluding carboxylic acids is 4. The van der Waals surface area contributed by atoms with Gasteiger partial charge in [-0.05, 0) is 177 Å². The second-order valence-corrected chi connectivity index (χ2v) is 26.1. The van der Waals surface area contributed by atoms with Crippen LogP contribution in [0.2, 0.25) is 0 Å². The second-order valence-electron chi connectivity index (χ2n) is 19.6. The van der Waals surface area contributed by atoms with Gasteiger partial charge in [0.05, 0.1) is 98.8 Å². The Morgan fingerprint density at radius 1 is 0.319 bits per heavy atom. The van der Waals surface area contributed by atoms with Gasteiger partial charge in [-0.2, -0.15) is 0 Å². The fourth-order valence-corrected chi connectivity index (χ4v) is 15.9. The molecule has 2 aromatic rings. The lowest BCUT2D eigenvalue weighted by Gasteiger charge is -2.25. The number of rotatable bonds is 35. The number of aromatic carboxylic acids is 2. The van der Waals surface area contributed by atoms with Gasteiger partial charge in [-0.25, -0.2) is 9.59 Å². The van der Waals surface area contributed by atoms with Crippen molar-refractivity contribution < 1.29 is 141 Å². The lowest BCUT2D eigenvalue weighted by Crippen LogP contribution is -2.48. The summed E-state index contributed by atoms with van der Waals surface area (Å²) in [7, 11) is 9.15. The zero-order valence-corrected chi connectivity index (χ0v) is 64.2. The molecule has 2 rings (SSSR count). The van der Waals surface area contributed by atoms with Crippen LogP contribution in [0.1, 0.15) is 67.1 Å². The minimum atomic E-state index is -1.55. The van der Waals surface area contributed by atoms with Gasteiger partial charge in [0.1, 0.15) is 73.2 Å². The van der Waals surface area contributed by atoms with E-state index in [0.29, 0.717) is 20.0 Å². The first-order chi connectivity index (χ1) is 43.8. The molecular weight excluding hydrogens is 1950 g/mol. The number of carboxylic acid groups (broad SMARTS) is 2. The normalized spacial score (nSPS) is 16.2. The van der Waals surface area contributed by atoms with Crippen molar-refractivity contribution in [1.29, 1.82) is 0 Å². The number of hydrogen-bond acceptors (Lipinski definition) is 30. The van der Waals surface area contributed by atoms with Crippen molar-refractivity contribution in [1.82, 2.24) is 31.9 Å². The molecule has 2 aromatic carbocycles. The van der Waals surface area contributed by atoms with E-state index in [-0.39, 0.29) is 86.9 Å². The fourth-order valence-electron chi connectivity index (χ4n) is 7.12. The summed E-state index contributed by atoms with van der Waals surface area (Å²) in [5.41, 5.74) is 0.557. The summed E-state index contributed by atoms with van der Waals surface area (Å²) in [6.07, 6.45) is -21.9. The van der Waals surface area contributed by atoms with Crippen molar-refractivity contribution in [3.63, 3.8) is 0 Å². The third-order valence-electron chi connectivity index (χ3n) is 12.5. The molecule has 0 aliphatic carbocycles. The zero-order valence-electron chi connectivity index (χ0n) is 51.3. The van der Waals surface area contributed by atoms with E-state index in [0.717, 1.165) is 0 Å². The van der Waals surface area contributed by atoms with Crippen LogP contribution in [0.4, 0.5) is 11.4 Å². The summed E-state index contributed by atoms with van der Waals surface area (Å²) in [6.45, 7) is -2.27. The highest BCUT2D eigenvalue weighted by Crippen LogP contribution is 2.37. The second kappa shape index (κ2) is 51.8. The number of likely N-dealkylation sites (N-methyl/N-ethyl adjacent to an activating group) is 4. The third kappa shape index (κ3) is 32.6. The van der Waals surface area contributed by atoms with E-state index in [9.17, 15) is 59.4 Å². The largest absolute Gasteiger partial charge is 0.478 e. The summed E-state index contributed by atoms with van der Waals surface area (Å²) >= 11 is 11.0. The van der Waals surface area contributed by atoms with Crippen LogP contribution in [0, 0.1) is 21.4 Å². The van der Waals surface area contributed by atoms with Crippen LogP contribution in [0.5, 0.6) is 0 Å². The number of amides is 4. The summed E-state index contributed by atoms with van der Waals surface area (Å²) in [5, 5.41) is 220. The van der Waals surface area contributed by atoms with Crippen molar-refractivity contribution in [2.75, 3.05) is 106 Å². The van der Waals surface area contributed by atoms with Crippen LogP contribution in [-0.2, 0) is 9.59 Å². The first kappa shape index (κ1) is 96.9. The number of unbranched alkanes of at least 4 members (excludes halogenated alkanes) is 1. The Kier molecular flexibility index (Phi) is 53.3. The molecule has 0 fully saturated rings. The van der Waals surface area contributed by atoms with Crippen molar-refractivity contribution in [3.05, 3.63) is 43.7 Å². The molecule has 4 amide bonds. The molecule has 0 bridgehead atoms. The lowest BCUT2D eigenvalue weighted by atomic mass is 10.0. The molecular formula is C52H88I6N8O28. The number of carbonyl (C=O) groups is 6. The van der Waals surface area contributed by atoms with Gasteiger partial charge >= 0.3 is 11.9 Å². The average Bonchev–Trinajstić information content (AvgIpc) is 0.780.